The van der Waals surface area contributed by atoms with Crippen molar-refractivity contribution < 1.29 is 26.7 Å². The zero-order chi connectivity index (χ0) is 31.2. The summed E-state index contributed by atoms with van der Waals surface area (Å²) < 4.78 is 133. The molecule has 1 aliphatic heterocycles. The third-order valence-corrected chi connectivity index (χ3v) is 3.07. The van der Waals surface area contributed by atoms with Crippen LogP contribution in [0.3, 0.4) is 0 Å². The van der Waals surface area contributed by atoms with Gasteiger partial charge in [-0.15, -0.1) is 0 Å². The number of aryl methyl sites for hydroxylation is 1. The number of nitrogens with one attached hydrogen (secondary N) is 1. The minimum atomic E-state index is -4.19. The number of likely N-dealkylation sites (tertiary alicyclic amines) is 1. The third-order valence-electron chi connectivity index (χ3n) is 3.07. The molecule has 0 unspecified atom stereocenters. The van der Waals surface area contributed by atoms with Crippen LogP contribution in [0.5, 0.6) is 0 Å². The smallest absolute Gasteiger partial charge is 0.302 e. The van der Waals surface area contributed by atoms with E-state index in [9.17, 15) is 6.17 Å². The Bertz CT molecular complexity index is 1390. The Hall–Kier alpha value is -2.62. The van der Waals surface area contributed by atoms with Crippen LogP contribution >= 0.6 is 0 Å². The first-order chi connectivity index (χ1) is 17.7. The second kappa shape index (κ2) is 6.48. The number of anilines is 1. The number of fused-ring (bicyclic) bond motifs is 1. The van der Waals surface area contributed by atoms with Crippen LogP contribution < -0.4 is 4.90 Å². The fourth-order valence-corrected chi connectivity index (χ4v) is 2.05. The maximum Gasteiger partial charge on any atom is 0.302 e. The average molecular weight is 343 g/mol. The minimum absolute atomic E-state index is 0.106. The third kappa shape index (κ3) is 2.92. The van der Waals surface area contributed by atoms with Crippen molar-refractivity contribution in [1.29, 1.82) is 0 Å². The van der Waals surface area contributed by atoms with Gasteiger partial charge in [0.15, 0.2) is 0 Å². The van der Waals surface area contributed by atoms with Crippen LogP contribution in [-0.4, -0.2) is 58.2 Å². The van der Waals surface area contributed by atoms with Crippen LogP contribution in [0.25, 0.3) is 15.9 Å². The zero-order valence-corrected chi connectivity index (χ0v) is 12.3. The Labute approximate surface area is 164 Å². The summed E-state index contributed by atoms with van der Waals surface area (Å²) in [5, 5.41) is -0.439. The lowest BCUT2D eigenvalue weighted by Crippen LogP contribution is -2.53. The van der Waals surface area contributed by atoms with Gasteiger partial charge in [-0.25, -0.2) is 16.5 Å². The molecule has 0 saturated carbocycles. The summed E-state index contributed by atoms with van der Waals surface area (Å²) >= 11 is 0. The molecular formula is C17H22N6O. The van der Waals surface area contributed by atoms with Gasteiger partial charge in [0.25, 0.3) is 6.50 Å². The van der Waals surface area contributed by atoms with Gasteiger partial charge in [0.1, 0.15) is 20.5 Å². The van der Waals surface area contributed by atoms with Crippen LogP contribution in [0.15, 0.2) is 12.4 Å². The predicted molar refractivity (Wildman–Crippen MR) is 92.6 cm³/mol. The van der Waals surface area contributed by atoms with Gasteiger partial charge in [0, 0.05) is 39.4 Å². The Kier molecular flexibility index (Phi) is 1.55. The number of aromatic amines is 1. The highest BCUT2D eigenvalue weighted by Crippen LogP contribution is 2.29. The molecule has 1 amide bonds. The first-order valence-corrected chi connectivity index (χ1v) is 6.57. The highest BCUT2D eigenvalue weighted by Gasteiger charge is 2.33. The fourth-order valence-electron chi connectivity index (χ4n) is 2.05. The van der Waals surface area contributed by atoms with Gasteiger partial charge in [-0.1, -0.05) is 6.85 Å². The summed E-state index contributed by atoms with van der Waals surface area (Å²) in [7, 11) is 0. The quantitative estimate of drug-likeness (QED) is 0.865. The van der Waals surface area contributed by atoms with Crippen molar-refractivity contribution in [2.75, 3.05) is 31.4 Å². The molecule has 2 aromatic rings. The number of aromatic nitrogens is 3. The number of H-pyrrole nitrogens is 1. The first-order valence-electron chi connectivity index (χ1n) is 14.6. The molecule has 2 atom stereocenters. The van der Waals surface area contributed by atoms with E-state index < -0.39 is 79.7 Å². The van der Waals surface area contributed by atoms with Gasteiger partial charge >= 0.3 is 5.91 Å². The van der Waals surface area contributed by atoms with Gasteiger partial charge < -0.3 is 19.6 Å². The van der Waals surface area contributed by atoms with E-state index in [1.54, 1.807) is 0 Å². The van der Waals surface area contributed by atoms with E-state index in [-0.39, 0.29) is 16.2 Å². The lowest BCUT2D eigenvalue weighted by atomic mass is 9.92. The summed E-state index contributed by atoms with van der Waals surface area (Å²) in [5.74, 6) is -6.45. The van der Waals surface area contributed by atoms with E-state index in [0.717, 1.165) is 6.33 Å². The lowest BCUT2D eigenvalue weighted by Gasteiger charge is -2.41. The molecule has 126 valence electrons. The molecule has 7 nitrogen and oxygen atoms in total. The van der Waals surface area contributed by atoms with E-state index in [2.05, 4.69) is 19.8 Å². The molecule has 3 heterocycles. The van der Waals surface area contributed by atoms with Crippen molar-refractivity contribution >= 4 is 22.8 Å². The highest BCUT2D eigenvalue weighted by molar-refractivity contribution is 5.88. The Morgan fingerprint density at radius 2 is 2.67 bits per heavy atom. The number of amides is 1. The normalized spacial score (nSPS) is 41.7. The molecular weight excluding hydrogens is 304 g/mol. The Morgan fingerprint density at radius 3 is 3.42 bits per heavy atom. The van der Waals surface area contributed by atoms with Crippen LogP contribution in [-0.2, 0) is 4.79 Å². The van der Waals surface area contributed by atoms with Crippen LogP contribution in [0.4, 0.5) is 5.82 Å². The summed E-state index contributed by atoms with van der Waals surface area (Å²) in [6.07, 6.45) is -3.24. The molecule has 3 rings (SSSR count). The molecule has 7 heteroatoms. The molecule has 0 bridgehead atoms. The van der Waals surface area contributed by atoms with E-state index in [1.165, 1.54) is 6.92 Å². The standard InChI is InChI=1S/C17H22N6O/c1-11-5-6-23(15(24)8-18-3)9-14(11)22(4)17-13-7-12(2)21-16(13)19-10-20-17/h7,10-11,14H,5-6,8-9H2,1-2,4H3,(H,19,20,21)/t11-,14+/m1/s1/i1D3,4D3,5D2,6D2,7D,8D2,9D2,14D. The number of carbonyl (C=O) groups excluding carboxylic acids is 1. The second-order valence-electron chi connectivity index (χ2n) is 4.68. The van der Waals surface area contributed by atoms with Crippen LogP contribution in [0.1, 0.15) is 40.9 Å². The monoisotopic (exact) mass is 342 g/mol. The number of piperidine rings is 1. The molecule has 0 aromatic carbocycles. The Balaban J connectivity index is 2.60. The number of nitrogens with zero attached hydrogens (tertiary/aromatic N) is 5. The zero-order valence-electron chi connectivity index (χ0n) is 28.3. The molecule has 1 aliphatic rings. The summed E-state index contributed by atoms with van der Waals surface area (Å²) in [6.45, 7) is -11.2. The topological polar surface area (TPSA) is 69.5 Å². The summed E-state index contributed by atoms with van der Waals surface area (Å²) in [4.78, 5) is 24.8. The molecule has 24 heavy (non-hydrogen) atoms. The number of hydrogen-bond acceptors (Lipinski definition) is 4. The van der Waals surface area contributed by atoms with E-state index in [4.69, 9.17) is 27.1 Å². The average Bonchev–Trinajstić information content (AvgIpc) is 3.04. The summed E-state index contributed by atoms with van der Waals surface area (Å²) in [6, 6.07) is -4.48. The lowest BCUT2D eigenvalue weighted by molar-refractivity contribution is -0.130. The van der Waals surface area contributed by atoms with Gasteiger partial charge in [-0.05, 0) is 25.3 Å². The van der Waals surface area contributed by atoms with Crippen molar-refractivity contribution in [3.05, 3.63) is 29.5 Å². The van der Waals surface area contributed by atoms with E-state index in [0.29, 0.717) is 0 Å². The molecule has 2 aromatic heterocycles. The SMILES string of the molecule is [2H]c1c(C)[nH]c2ncnc(N(C([2H])([2H])[2H])[C@]3([2H])[C@H](C([2H])([2H])[2H])C([2H])([2H])C([2H])([2H])N(C(=O)C([2H])([2H])[N+]#[C-])C3([2H])[2H])c12. The molecule has 1 saturated heterocycles. The molecule has 0 spiro atoms. The molecule has 1 fully saturated rings. The first kappa shape index (κ1) is 5.73. The number of hydrogen-bond donors (Lipinski definition) is 1. The maximum absolute atomic E-state index is 13.1. The van der Waals surface area contributed by atoms with E-state index >= 15 is 0 Å². The molecule has 0 radical (unpaired) electrons. The maximum atomic E-state index is 13.1. The molecule has 0 aliphatic carbocycles. The van der Waals surface area contributed by atoms with Crippen LogP contribution in [0, 0.1) is 19.4 Å². The van der Waals surface area contributed by atoms with Gasteiger partial charge in [-0.2, -0.15) is 0 Å². The molecule has 1 N–H and O–H groups in total. The highest BCUT2D eigenvalue weighted by atomic mass is 16.2. The van der Waals surface area contributed by atoms with Gasteiger partial charge in [-0.3, -0.25) is 4.79 Å². The minimum Gasteiger partial charge on any atom is -0.354 e. The number of likely N-dealkylation sites (N-methyl/N-ethyl adjacent to an activating group) is 1. The van der Waals surface area contributed by atoms with Crippen LogP contribution in [0.2, 0.25) is 0 Å². The van der Waals surface area contributed by atoms with Crippen molar-refractivity contribution in [2.24, 2.45) is 5.92 Å². The van der Waals surface area contributed by atoms with Crippen molar-refractivity contribution in [3.63, 3.8) is 0 Å². The van der Waals surface area contributed by atoms with Crippen molar-refractivity contribution in [3.8, 4) is 0 Å². The second-order valence-corrected chi connectivity index (χ2v) is 4.68. The number of carbonyl (C=O) groups is 1. The number of rotatable bonds is 3. The van der Waals surface area contributed by atoms with Crippen molar-refractivity contribution in [1.82, 2.24) is 19.9 Å². The fraction of sp³-hybridized carbons (Fsp3) is 0.529. The Morgan fingerprint density at radius 1 is 1.79 bits per heavy atom. The van der Waals surface area contributed by atoms with Gasteiger partial charge in [0.2, 0.25) is 0 Å². The summed E-state index contributed by atoms with van der Waals surface area (Å²) in [5.41, 5.74) is -0.0863. The van der Waals surface area contributed by atoms with Crippen molar-refractivity contribution in [2.45, 2.75) is 26.2 Å². The van der Waals surface area contributed by atoms with Gasteiger partial charge in [0.05, 0.1) is 16.9 Å². The largest absolute Gasteiger partial charge is 0.354 e. The van der Waals surface area contributed by atoms with E-state index in [1.807, 2.05) is 0 Å². The predicted octanol–water partition coefficient (Wildman–Crippen LogP) is 1.86.